The SMILES string of the molecule is CC(C)(C)c1ccc(Oc2ccc3cnc(C(=O)NC(CC(=O)O)c4ccc(Oc5ccc(C(F)(F)F)cc5)cc4)cc3c2)cc1. The van der Waals surface area contributed by atoms with E-state index < -0.39 is 36.1 Å². The van der Waals surface area contributed by atoms with Crippen LogP contribution in [0.25, 0.3) is 10.8 Å². The Balaban J connectivity index is 1.29. The molecule has 1 unspecified atom stereocenters. The van der Waals surface area contributed by atoms with Gasteiger partial charge in [0.15, 0.2) is 0 Å². The fraction of sp³-hybridized carbons (Fsp3) is 0.194. The molecule has 0 saturated heterocycles. The quantitative estimate of drug-likeness (QED) is 0.169. The number of benzene rings is 4. The highest BCUT2D eigenvalue weighted by Crippen LogP contribution is 2.32. The lowest BCUT2D eigenvalue weighted by Gasteiger charge is -2.19. The molecule has 10 heteroatoms. The molecule has 5 aromatic rings. The third-order valence-electron chi connectivity index (χ3n) is 7.27. The van der Waals surface area contributed by atoms with Gasteiger partial charge < -0.3 is 19.9 Å². The van der Waals surface area contributed by atoms with Gasteiger partial charge >= 0.3 is 12.1 Å². The number of carboxylic acids is 1. The lowest BCUT2D eigenvalue weighted by Crippen LogP contribution is -2.30. The smallest absolute Gasteiger partial charge is 0.416 e. The first-order valence-corrected chi connectivity index (χ1v) is 14.4. The normalized spacial score (nSPS) is 12.4. The molecule has 1 atom stereocenters. The number of aromatic nitrogens is 1. The highest BCUT2D eigenvalue weighted by Gasteiger charge is 2.30. The Morgan fingerprint density at radius 1 is 0.739 bits per heavy atom. The Kier molecular flexibility index (Phi) is 9.00. The van der Waals surface area contributed by atoms with Gasteiger partial charge in [0.25, 0.3) is 5.91 Å². The number of nitrogens with one attached hydrogen (secondary N) is 1. The number of pyridine rings is 1. The minimum Gasteiger partial charge on any atom is -0.481 e. The molecule has 0 aliphatic carbocycles. The summed E-state index contributed by atoms with van der Waals surface area (Å²) in [6, 6.07) is 24.5. The Morgan fingerprint density at radius 2 is 1.26 bits per heavy atom. The lowest BCUT2D eigenvalue weighted by atomic mass is 9.87. The molecule has 0 bridgehead atoms. The maximum atomic E-state index is 13.2. The molecular formula is C36H31F3N2O5. The van der Waals surface area contributed by atoms with Crippen LogP contribution in [0, 0.1) is 0 Å². The van der Waals surface area contributed by atoms with E-state index in [2.05, 4.69) is 31.1 Å². The third kappa shape index (κ3) is 8.01. The molecule has 2 N–H and O–H groups in total. The predicted molar refractivity (Wildman–Crippen MR) is 167 cm³/mol. The maximum Gasteiger partial charge on any atom is 0.416 e. The van der Waals surface area contributed by atoms with E-state index in [1.807, 2.05) is 36.4 Å². The fourth-order valence-electron chi connectivity index (χ4n) is 4.74. The van der Waals surface area contributed by atoms with Gasteiger partial charge in [-0.3, -0.25) is 14.6 Å². The van der Waals surface area contributed by atoms with Crippen LogP contribution in [0.3, 0.4) is 0 Å². The van der Waals surface area contributed by atoms with E-state index in [0.717, 1.165) is 17.5 Å². The summed E-state index contributed by atoms with van der Waals surface area (Å²) in [7, 11) is 0. The molecule has 0 fully saturated rings. The number of hydrogen-bond donors (Lipinski definition) is 2. The molecule has 1 heterocycles. The summed E-state index contributed by atoms with van der Waals surface area (Å²) >= 11 is 0. The molecule has 46 heavy (non-hydrogen) atoms. The highest BCUT2D eigenvalue weighted by atomic mass is 19.4. The number of ether oxygens (including phenoxy) is 2. The lowest BCUT2D eigenvalue weighted by molar-refractivity contribution is -0.138. The van der Waals surface area contributed by atoms with E-state index in [1.165, 1.54) is 17.7 Å². The van der Waals surface area contributed by atoms with Gasteiger partial charge in [-0.1, -0.05) is 45.0 Å². The molecule has 4 aromatic carbocycles. The zero-order chi connectivity index (χ0) is 33.1. The van der Waals surface area contributed by atoms with Crippen molar-refractivity contribution in [2.45, 2.75) is 44.8 Å². The van der Waals surface area contributed by atoms with Crippen LogP contribution in [0.5, 0.6) is 23.0 Å². The van der Waals surface area contributed by atoms with Crippen LogP contribution in [-0.4, -0.2) is 22.0 Å². The molecule has 236 valence electrons. The Hall–Kier alpha value is -5.38. The van der Waals surface area contributed by atoms with Crippen molar-refractivity contribution < 1.29 is 37.3 Å². The van der Waals surface area contributed by atoms with Crippen molar-refractivity contribution in [2.75, 3.05) is 0 Å². The molecule has 0 aliphatic rings. The number of hydrogen-bond acceptors (Lipinski definition) is 5. The third-order valence-corrected chi connectivity index (χ3v) is 7.27. The van der Waals surface area contributed by atoms with Crippen molar-refractivity contribution in [2.24, 2.45) is 0 Å². The van der Waals surface area contributed by atoms with E-state index in [9.17, 15) is 27.9 Å². The van der Waals surface area contributed by atoms with Gasteiger partial charge in [0.05, 0.1) is 18.0 Å². The Labute approximate surface area is 263 Å². The number of alkyl halides is 3. The summed E-state index contributed by atoms with van der Waals surface area (Å²) in [4.78, 5) is 29.2. The average molecular weight is 629 g/mol. The standard InChI is InChI=1S/C36H31F3N2O5/c1-35(2,3)25-7-14-29(15-8-25)46-30-13-6-23-21-40-32(19-24(23)18-30)34(44)41-31(20-33(42)43)22-4-11-27(12-5-22)45-28-16-9-26(10-17-28)36(37,38)39/h4-19,21,31H,20H2,1-3H3,(H,41,44)(H,42,43). The van der Waals surface area contributed by atoms with Crippen molar-refractivity contribution >= 4 is 22.6 Å². The van der Waals surface area contributed by atoms with Gasteiger partial charge in [-0.25, -0.2) is 0 Å². The van der Waals surface area contributed by atoms with Gasteiger partial charge in [-0.15, -0.1) is 0 Å². The van der Waals surface area contributed by atoms with Gasteiger partial charge in [-0.05, 0) is 94.7 Å². The summed E-state index contributed by atoms with van der Waals surface area (Å²) < 4.78 is 50.2. The van der Waals surface area contributed by atoms with E-state index in [-0.39, 0.29) is 16.9 Å². The Bertz CT molecular complexity index is 1850. The molecule has 1 amide bonds. The molecule has 0 aliphatic heterocycles. The largest absolute Gasteiger partial charge is 0.481 e. The molecule has 0 saturated carbocycles. The monoisotopic (exact) mass is 628 g/mol. The molecule has 7 nitrogen and oxygen atoms in total. The summed E-state index contributed by atoms with van der Waals surface area (Å²) in [5.41, 5.74) is 0.995. The number of rotatable bonds is 9. The van der Waals surface area contributed by atoms with E-state index >= 15 is 0 Å². The van der Waals surface area contributed by atoms with Crippen LogP contribution in [0.15, 0.2) is 103 Å². The number of nitrogens with zero attached hydrogens (tertiary/aromatic N) is 1. The van der Waals surface area contributed by atoms with Crippen LogP contribution in [0.2, 0.25) is 0 Å². The van der Waals surface area contributed by atoms with Crippen LogP contribution in [0.1, 0.15) is 60.4 Å². The first-order chi connectivity index (χ1) is 21.7. The Morgan fingerprint density at radius 3 is 1.80 bits per heavy atom. The average Bonchev–Trinajstić information content (AvgIpc) is 3.00. The van der Waals surface area contributed by atoms with Crippen molar-refractivity contribution in [1.29, 1.82) is 0 Å². The molecule has 0 radical (unpaired) electrons. The second-order valence-corrected chi connectivity index (χ2v) is 11.8. The minimum absolute atomic E-state index is 0.0190. The van der Waals surface area contributed by atoms with E-state index in [4.69, 9.17) is 9.47 Å². The van der Waals surface area contributed by atoms with Crippen LogP contribution in [0.4, 0.5) is 13.2 Å². The first kappa shape index (κ1) is 32.0. The number of amides is 1. The van der Waals surface area contributed by atoms with Crippen molar-refractivity contribution in [3.63, 3.8) is 0 Å². The van der Waals surface area contributed by atoms with E-state index in [0.29, 0.717) is 28.2 Å². The van der Waals surface area contributed by atoms with Gasteiger partial charge in [0.1, 0.15) is 28.7 Å². The van der Waals surface area contributed by atoms with Crippen molar-refractivity contribution in [3.05, 3.63) is 126 Å². The molecular weight excluding hydrogens is 597 g/mol. The highest BCUT2D eigenvalue weighted by molar-refractivity contribution is 5.97. The van der Waals surface area contributed by atoms with Gasteiger partial charge in [0.2, 0.25) is 0 Å². The van der Waals surface area contributed by atoms with Crippen LogP contribution >= 0.6 is 0 Å². The predicted octanol–water partition coefficient (Wildman–Crippen LogP) is 9.08. The second-order valence-electron chi connectivity index (χ2n) is 11.8. The number of carbonyl (C=O) groups excluding carboxylic acids is 1. The zero-order valence-corrected chi connectivity index (χ0v) is 25.3. The van der Waals surface area contributed by atoms with Crippen molar-refractivity contribution in [3.8, 4) is 23.0 Å². The topological polar surface area (TPSA) is 97.8 Å². The second kappa shape index (κ2) is 12.9. The minimum atomic E-state index is -4.46. The molecule has 0 spiro atoms. The number of aliphatic carboxylic acids is 1. The maximum absolute atomic E-state index is 13.2. The first-order valence-electron chi connectivity index (χ1n) is 14.4. The zero-order valence-electron chi connectivity index (χ0n) is 25.3. The van der Waals surface area contributed by atoms with Crippen LogP contribution < -0.4 is 14.8 Å². The van der Waals surface area contributed by atoms with Gasteiger partial charge in [0, 0.05) is 11.6 Å². The summed E-state index contributed by atoms with van der Waals surface area (Å²) in [6.07, 6.45) is -3.29. The van der Waals surface area contributed by atoms with E-state index in [1.54, 1.807) is 42.6 Å². The van der Waals surface area contributed by atoms with Gasteiger partial charge in [-0.2, -0.15) is 13.2 Å². The number of halogens is 3. The number of carbonyl (C=O) groups is 2. The van der Waals surface area contributed by atoms with Crippen molar-refractivity contribution in [1.82, 2.24) is 10.3 Å². The summed E-state index contributed by atoms with van der Waals surface area (Å²) in [5.74, 6) is 0.0814. The fourth-order valence-corrected chi connectivity index (χ4v) is 4.74. The summed E-state index contributed by atoms with van der Waals surface area (Å²) in [6.45, 7) is 6.41. The number of carboxylic acid groups (broad SMARTS) is 1. The molecule has 1 aromatic heterocycles. The van der Waals surface area contributed by atoms with Crippen LogP contribution in [-0.2, 0) is 16.4 Å². The number of fused-ring (bicyclic) bond motifs is 1. The molecule has 5 rings (SSSR count). The summed E-state index contributed by atoms with van der Waals surface area (Å²) in [5, 5.41) is 13.8.